The van der Waals surface area contributed by atoms with Gasteiger partial charge in [-0.1, -0.05) is 25.4 Å². The SMILES string of the molecule is COc1ccc(N=C2S/C(=C/c3ccc(-c4ccc(Cl)c(C(=O)O)c4)o3)C(=O)N2CC(C)C)cc1. The number of halogens is 1. The molecule has 0 saturated carbocycles. The van der Waals surface area contributed by atoms with Crippen LogP contribution in [0.15, 0.2) is 68.9 Å². The van der Waals surface area contributed by atoms with E-state index in [-0.39, 0.29) is 22.4 Å². The minimum absolute atomic E-state index is 0.00860. The lowest BCUT2D eigenvalue weighted by molar-refractivity contribution is -0.122. The predicted octanol–water partition coefficient (Wildman–Crippen LogP) is 6.57. The molecule has 1 fully saturated rings. The van der Waals surface area contributed by atoms with Gasteiger partial charge in [-0.2, -0.15) is 0 Å². The lowest BCUT2D eigenvalue weighted by Crippen LogP contribution is -2.32. The lowest BCUT2D eigenvalue weighted by atomic mass is 10.1. The van der Waals surface area contributed by atoms with Crippen molar-refractivity contribution in [1.82, 2.24) is 4.90 Å². The highest BCUT2D eigenvalue weighted by atomic mass is 35.5. The number of carboxylic acids is 1. The van der Waals surface area contributed by atoms with Crippen molar-refractivity contribution in [1.29, 1.82) is 0 Å². The summed E-state index contributed by atoms with van der Waals surface area (Å²) in [4.78, 5) is 31.4. The number of aromatic carboxylic acids is 1. The summed E-state index contributed by atoms with van der Waals surface area (Å²) in [6, 6.07) is 15.4. The van der Waals surface area contributed by atoms with Gasteiger partial charge in [-0.25, -0.2) is 9.79 Å². The second-order valence-corrected chi connectivity index (χ2v) is 9.63. The van der Waals surface area contributed by atoms with Crippen LogP contribution in [0.4, 0.5) is 5.69 Å². The zero-order chi connectivity index (χ0) is 25.1. The Kier molecular flexibility index (Phi) is 7.33. The first kappa shape index (κ1) is 24.6. The van der Waals surface area contributed by atoms with Crippen LogP contribution >= 0.6 is 23.4 Å². The van der Waals surface area contributed by atoms with E-state index in [2.05, 4.69) is 4.99 Å². The van der Waals surface area contributed by atoms with Gasteiger partial charge in [-0.05, 0) is 72.3 Å². The summed E-state index contributed by atoms with van der Waals surface area (Å²) < 4.78 is 11.1. The molecule has 1 amide bonds. The Bertz CT molecular complexity index is 1330. The second kappa shape index (κ2) is 10.4. The number of amides is 1. The summed E-state index contributed by atoms with van der Waals surface area (Å²) in [6.45, 7) is 4.62. The minimum Gasteiger partial charge on any atom is -0.497 e. The number of rotatable bonds is 7. The zero-order valence-corrected chi connectivity index (χ0v) is 20.9. The Morgan fingerprint density at radius 3 is 2.60 bits per heavy atom. The van der Waals surface area contributed by atoms with E-state index < -0.39 is 5.97 Å². The summed E-state index contributed by atoms with van der Waals surface area (Å²) >= 11 is 7.25. The monoisotopic (exact) mass is 510 g/mol. The van der Waals surface area contributed by atoms with Crippen molar-refractivity contribution < 1.29 is 23.8 Å². The van der Waals surface area contributed by atoms with Crippen LogP contribution in [0.25, 0.3) is 17.4 Å². The van der Waals surface area contributed by atoms with Crippen LogP contribution in [0.1, 0.15) is 30.0 Å². The fourth-order valence-electron chi connectivity index (χ4n) is 3.44. The van der Waals surface area contributed by atoms with Gasteiger partial charge in [-0.3, -0.25) is 9.69 Å². The van der Waals surface area contributed by atoms with E-state index in [0.29, 0.717) is 39.4 Å². The summed E-state index contributed by atoms with van der Waals surface area (Å²) in [5, 5.41) is 10.1. The van der Waals surface area contributed by atoms with Crippen LogP contribution in [-0.4, -0.2) is 40.7 Å². The Hall–Kier alpha value is -3.49. The van der Waals surface area contributed by atoms with Gasteiger partial charge in [0, 0.05) is 18.2 Å². The molecule has 1 aliphatic heterocycles. The number of carbonyl (C=O) groups excluding carboxylic acids is 1. The maximum absolute atomic E-state index is 13.2. The van der Waals surface area contributed by atoms with Gasteiger partial charge in [0.05, 0.1) is 28.3 Å². The van der Waals surface area contributed by atoms with E-state index in [1.807, 2.05) is 38.1 Å². The van der Waals surface area contributed by atoms with Crippen LogP contribution in [0, 0.1) is 5.92 Å². The first-order valence-electron chi connectivity index (χ1n) is 10.8. The lowest BCUT2D eigenvalue weighted by Gasteiger charge is -2.17. The molecular weight excluding hydrogens is 488 g/mol. The zero-order valence-electron chi connectivity index (χ0n) is 19.3. The highest BCUT2D eigenvalue weighted by Gasteiger charge is 2.34. The largest absolute Gasteiger partial charge is 0.497 e. The standard InChI is InChI=1S/C26H23ClN2O5S/c1-15(2)14-29-24(30)23(35-26(29)28-17-5-7-18(33-3)8-6-17)13-19-9-11-22(34-19)16-4-10-21(27)20(12-16)25(31)32/h4-13,15H,14H2,1-3H3,(H,31,32)/b23-13+,28-26?. The number of aliphatic imine (C=N–C) groups is 1. The van der Waals surface area contributed by atoms with E-state index in [1.54, 1.807) is 36.3 Å². The number of methoxy groups -OCH3 is 1. The Balaban J connectivity index is 1.63. The molecule has 4 rings (SSSR count). The quantitative estimate of drug-likeness (QED) is 0.361. The van der Waals surface area contributed by atoms with Gasteiger partial charge >= 0.3 is 5.97 Å². The molecule has 1 saturated heterocycles. The molecule has 0 spiro atoms. The molecule has 35 heavy (non-hydrogen) atoms. The fraction of sp³-hybridized carbons (Fsp3) is 0.192. The van der Waals surface area contributed by atoms with Gasteiger partial charge in [-0.15, -0.1) is 0 Å². The van der Waals surface area contributed by atoms with Crippen molar-refractivity contribution in [3.05, 3.63) is 75.8 Å². The molecule has 1 aromatic heterocycles. The molecular formula is C26H23ClN2O5S. The molecule has 2 heterocycles. The summed E-state index contributed by atoms with van der Waals surface area (Å²) in [7, 11) is 1.60. The number of ether oxygens (including phenoxy) is 1. The first-order valence-corrected chi connectivity index (χ1v) is 12.0. The molecule has 1 N–H and O–H groups in total. The highest BCUT2D eigenvalue weighted by molar-refractivity contribution is 8.18. The van der Waals surface area contributed by atoms with E-state index >= 15 is 0 Å². The van der Waals surface area contributed by atoms with Gasteiger partial charge in [0.15, 0.2) is 5.17 Å². The van der Waals surface area contributed by atoms with Gasteiger partial charge in [0.25, 0.3) is 5.91 Å². The summed E-state index contributed by atoms with van der Waals surface area (Å²) in [5.41, 5.74) is 1.28. The van der Waals surface area contributed by atoms with Crippen molar-refractivity contribution in [2.24, 2.45) is 10.9 Å². The van der Waals surface area contributed by atoms with Crippen LogP contribution in [-0.2, 0) is 4.79 Å². The van der Waals surface area contributed by atoms with Gasteiger partial charge < -0.3 is 14.3 Å². The Labute approximate surface area is 212 Å². The number of hydrogen-bond acceptors (Lipinski definition) is 6. The number of furan rings is 1. The molecule has 180 valence electrons. The number of thioether (sulfide) groups is 1. The van der Waals surface area contributed by atoms with Crippen LogP contribution in [0.2, 0.25) is 5.02 Å². The maximum atomic E-state index is 13.2. The average Bonchev–Trinajstić information content (AvgIpc) is 3.40. The molecule has 7 nitrogen and oxygen atoms in total. The van der Waals surface area contributed by atoms with Crippen LogP contribution in [0.3, 0.4) is 0 Å². The molecule has 0 aliphatic carbocycles. The number of carbonyl (C=O) groups is 2. The first-order chi connectivity index (χ1) is 16.7. The third-order valence-corrected chi connectivity index (χ3v) is 6.45. The van der Waals surface area contributed by atoms with E-state index in [0.717, 1.165) is 5.75 Å². The van der Waals surface area contributed by atoms with Crippen LogP contribution < -0.4 is 4.74 Å². The Morgan fingerprint density at radius 2 is 1.94 bits per heavy atom. The summed E-state index contributed by atoms with van der Waals surface area (Å²) in [6.07, 6.45) is 1.67. The number of hydrogen-bond donors (Lipinski definition) is 1. The molecule has 0 bridgehead atoms. The smallest absolute Gasteiger partial charge is 0.337 e. The van der Waals surface area contributed by atoms with Crippen LogP contribution in [0.5, 0.6) is 5.75 Å². The topological polar surface area (TPSA) is 92.3 Å². The normalized spacial score (nSPS) is 16.0. The van der Waals surface area contributed by atoms with Gasteiger partial charge in [0.2, 0.25) is 0 Å². The van der Waals surface area contributed by atoms with E-state index in [1.165, 1.54) is 23.9 Å². The summed E-state index contributed by atoms with van der Waals surface area (Å²) in [5.74, 6) is 0.661. The Morgan fingerprint density at radius 1 is 1.20 bits per heavy atom. The van der Waals surface area contributed by atoms with Crippen molar-refractivity contribution in [3.63, 3.8) is 0 Å². The third-order valence-electron chi connectivity index (χ3n) is 5.11. The number of nitrogens with zero attached hydrogens (tertiary/aromatic N) is 2. The molecule has 9 heteroatoms. The fourth-order valence-corrected chi connectivity index (χ4v) is 4.63. The van der Waals surface area contributed by atoms with Crippen molar-refractivity contribution in [2.45, 2.75) is 13.8 Å². The average molecular weight is 511 g/mol. The maximum Gasteiger partial charge on any atom is 0.337 e. The molecule has 0 unspecified atom stereocenters. The minimum atomic E-state index is -1.12. The second-order valence-electron chi connectivity index (χ2n) is 8.21. The highest BCUT2D eigenvalue weighted by Crippen LogP contribution is 2.36. The third kappa shape index (κ3) is 5.61. The molecule has 2 aromatic carbocycles. The predicted molar refractivity (Wildman–Crippen MR) is 138 cm³/mol. The molecule has 3 aromatic rings. The number of carboxylic acid groups (broad SMARTS) is 1. The number of benzene rings is 2. The van der Waals surface area contributed by atoms with Crippen molar-refractivity contribution >= 4 is 52.2 Å². The van der Waals surface area contributed by atoms with Crippen molar-refractivity contribution in [3.8, 4) is 17.1 Å². The van der Waals surface area contributed by atoms with E-state index in [9.17, 15) is 14.7 Å². The van der Waals surface area contributed by atoms with E-state index in [4.69, 9.17) is 20.8 Å². The van der Waals surface area contributed by atoms with Crippen molar-refractivity contribution in [2.75, 3.05) is 13.7 Å². The molecule has 1 aliphatic rings. The number of amidine groups is 1. The molecule has 0 atom stereocenters. The molecule has 0 radical (unpaired) electrons. The van der Waals surface area contributed by atoms with Gasteiger partial charge in [0.1, 0.15) is 17.3 Å².